The van der Waals surface area contributed by atoms with Gasteiger partial charge in [0.15, 0.2) is 0 Å². The summed E-state index contributed by atoms with van der Waals surface area (Å²) in [6.07, 6.45) is -1.48. The van der Waals surface area contributed by atoms with Crippen LogP contribution in [0.25, 0.3) is 0 Å². The summed E-state index contributed by atoms with van der Waals surface area (Å²) in [5.74, 6) is 1.53. The number of hydrogen-bond donors (Lipinski definition) is 2. The van der Waals surface area contributed by atoms with Gasteiger partial charge in [-0.1, -0.05) is 0 Å². The minimum Gasteiger partial charge on any atom is -0.387 e. The van der Waals surface area contributed by atoms with Crippen molar-refractivity contribution in [1.29, 1.82) is 0 Å². The molecule has 0 spiro atoms. The largest absolute Gasteiger partial charge is 0.387 e. The normalized spacial score (nSPS) is 59.0. The number of aliphatic hydroxyl groups is 2. The maximum absolute atomic E-state index is 9.70. The molecule has 0 aromatic rings. The molecule has 70 valence electrons. The predicted molar refractivity (Wildman–Crippen MR) is 47.2 cm³/mol. The van der Waals surface area contributed by atoms with Gasteiger partial charge in [-0.25, -0.2) is 0 Å². The number of aliphatic hydroxyl groups excluding tert-OH is 2. The highest BCUT2D eigenvalue weighted by Crippen LogP contribution is 2.46. The van der Waals surface area contributed by atoms with Gasteiger partial charge in [0.1, 0.15) is 23.4 Å². The van der Waals surface area contributed by atoms with Crippen LogP contribution in [0.4, 0.5) is 0 Å². The van der Waals surface area contributed by atoms with Crippen LogP contribution in [-0.2, 0) is 4.74 Å². The molecule has 0 aromatic carbocycles. The monoisotopic (exact) mass is 190 g/mol. The molecule has 2 bridgehead atoms. The minimum absolute atomic E-state index is 0.545. The Kier molecular flexibility index (Phi) is 1.75. The van der Waals surface area contributed by atoms with Crippen LogP contribution in [-0.4, -0.2) is 45.1 Å². The zero-order valence-corrected chi connectivity index (χ0v) is 8.10. The van der Waals surface area contributed by atoms with Crippen molar-refractivity contribution in [3.8, 4) is 0 Å². The first-order valence-electron chi connectivity index (χ1n) is 4.12. The number of fused-ring (bicyclic) bond motifs is 2. The summed E-state index contributed by atoms with van der Waals surface area (Å²) in [5.41, 5.74) is -1.09. The Morgan fingerprint density at radius 3 is 1.92 bits per heavy atom. The van der Waals surface area contributed by atoms with Gasteiger partial charge in [-0.2, -0.15) is 11.8 Å². The second-order valence-corrected chi connectivity index (χ2v) is 5.10. The van der Waals surface area contributed by atoms with Crippen LogP contribution >= 0.6 is 11.8 Å². The van der Waals surface area contributed by atoms with E-state index in [-0.39, 0.29) is 0 Å². The van der Waals surface area contributed by atoms with E-state index in [4.69, 9.17) is 4.74 Å². The maximum Gasteiger partial charge on any atom is 0.112 e. The Morgan fingerprint density at radius 1 is 1.17 bits per heavy atom. The number of thioether (sulfide) groups is 1. The Hall–Kier alpha value is 0.230. The van der Waals surface area contributed by atoms with Crippen molar-refractivity contribution in [3.63, 3.8) is 0 Å². The summed E-state index contributed by atoms with van der Waals surface area (Å²) in [4.78, 5) is 0. The Morgan fingerprint density at radius 2 is 1.58 bits per heavy atom. The van der Waals surface area contributed by atoms with Gasteiger partial charge in [0.25, 0.3) is 0 Å². The van der Waals surface area contributed by atoms with Crippen molar-refractivity contribution >= 4 is 11.8 Å². The summed E-state index contributed by atoms with van der Waals surface area (Å²) in [6, 6.07) is 0. The molecular weight excluding hydrogens is 176 g/mol. The third kappa shape index (κ3) is 0.954. The summed E-state index contributed by atoms with van der Waals surface area (Å²) >= 11 is 1.73. The molecule has 0 radical (unpaired) electrons. The van der Waals surface area contributed by atoms with Gasteiger partial charge < -0.3 is 14.9 Å². The summed E-state index contributed by atoms with van der Waals surface area (Å²) in [5, 5.41) is 19.4. The van der Waals surface area contributed by atoms with Crippen LogP contribution in [0, 0.1) is 0 Å². The van der Waals surface area contributed by atoms with E-state index >= 15 is 0 Å². The van der Waals surface area contributed by atoms with Crippen LogP contribution in [0.1, 0.15) is 13.8 Å². The molecule has 0 aromatic heterocycles. The molecule has 4 atom stereocenters. The third-order valence-corrected chi connectivity index (χ3v) is 4.35. The minimum atomic E-state index is -0.738. The summed E-state index contributed by atoms with van der Waals surface area (Å²) in [6.45, 7) is 3.72. The molecule has 2 N–H and O–H groups in total. The molecular formula is C8H14O3S. The van der Waals surface area contributed by atoms with Crippen LogP contribution < -0.4 is 0 Å². The fraction of sp³-hybridized carbons (Fsp3) is 1.00. The highest BCUT2D eigenvalue weighted by atomic mass is 32.2. The van der Waals surface area contributed by atoms with Gasteiger partial charge in [-0.3, -0.25) is 0 Å². The van der Waals surface area contributed by atoms with Crippen LogP contribution in [0.5, 0.6) is 0 Å². The third-order valence-electron chi connectivity index (χ3n) is 2.79. The Labute approximate surface area is 76.1 Å². The van der Waals surface area contributed by atoms with Crippen molar-refractivity contribution in [2.45, 2.75) is 37.3 Å². The van der Waals surface area contributed by atoms with E-state index in [9.17, 15) is 10.2 Å². The van der Waals surface area contributed by atoms with Crippen molar-refractivity contribution in [2.75, 3.05) is 11.5 Å². The molecule has 2 aliphatic rings. The summed E-state index contributed by atoms with van der Waals surface area (Å²) in [7, 11) is 0. The van der Waals surface area contributed by atoms with E-state index in [1.54, 1.807) is 11.8 Å². The molecule has 12 heavy (non-hydrogen) atoms. The molecule has 0 unspecified atom stereocenters. The highest BCUT2D eigenvalue weighted by molar-refractivity contribution is 7.99. The molecule has 2 saturated heterocycles. The van der Waals surface area contributed by atoms with E-state index in [0.29, 0.717) is 0 Å². The van der Waals surface area contributed by atoms with Gasteiger partial charge in [-0.15, -0.1) is 0 Å². The SMILES string of the molecule is C[C@]12CSC[C@](C)(O1)[C@H](O)[C@@H]2O. The van der Waals surface area contributed by atoms with Crippen LogP contribution in [0.15, 0.2) is 0 Å². The second kappa shape index (κ2) is 2.38. The smallest absolute Gasteiger partial charge is 0.112 e. The van der Waals surface area contributed by atoms with Crippen molar-refractivity contribution in [2.24, 2.45) is 0 Å². The van der Waals surface area contributed by atoms with Gasteiger partial charge in [0.2, 0.25) is 0 Å². The standard InChI is InChI=1S/C8H14O3S/c1-7-3-12-4-8(2,11-7)6(10)5(7)9/h5-6,9-10H,3-4H2,1-2H3/t5-,6+,7+,8-. The van der Waals surface area contributed by atoms with E-state index < -0.39 is 23.4 Å². The first kappa shape index (κ1) is 8.81. The number of rotatable bonds is 0. The van der Waals surface area contributed by atoms with Gasteiger partial charge in [0.05, 0.1) is 0 Å². The van der Waals surface area contributed by atoms with Crippen molar-refractivity contribution in [1.82, 2.24) is 0 Å². The molecule has 2 fully saturated rings. The van der Waals surface area contributed by atoms with Gasteiger partial charge in [0, 0.05) is 11.5 Å². The quantitative estimate of drug-likeness (QED) is 0.564. The molecule has 0 saturated carbocycles. The maximum atomic E-state index is 9.70. The van der Waals surface area contributed by atoms with E-state index in [0.717, 1.165) is 11.5 Å². The van der Waals surface area contributed by atoms with E-state index in [1.165, 1.54) is 0 Å². The zero-order chi connectivity index (χ0) is 8.98. The zero-order valence-electron chi connectivity index (χ0n) is 7.28. The predicted octanol–water partition coefficient (Wildman–Crippen LogP) is 0.00260. The lowest BCUT2D eigenvalue weighted by molar-refractivity contribution is -0.0957. The Balaban J connectivity index is 2.33. The summed E-state index contributed by atoms with van der Waals surface area (Å²) < 4.78 is 5.68. The van der Waals surface area contributed by atoms with Gasteiger partial charge >= 0.3 is 0 Å². The molecule has 2 rings (SSSR count). The van der Waals surface area contributed by atoms with E-state index in [1.807, 2.05) is 13.8 Å². The van der Waals surface area contributed by atoms with Gasteiger partial charge in [-0.05, 0) is 13.8 Å². The average molecular weight is 190 g/mol. The molecule has 2 aliphatic heterocycles. The van der Waals surface area contributed by atoms with E-state index in [2.05, 4.69) is 0 Å². The van der Waals surface area contributed by atoms with Crippen molar-refractivity contribution in [3.05, 3.63) is 0 Å². The molecule has 0 amide bonds. The Bertz CT molecular complexity index is 190. The molecule has 4 heteroatoms. The fourth-order valence-electron chi connectivity index (χ4n) is 2.01. The fourth-order valence-corrected chi connectivity index (χ4v) is 3.38. The first-order chi connectivity index (χ1) is 5.48. The lowest BCUT2D eigenvalue weighted by Gasteiger charge is -2.35. The van der Waals surface area contributed by atoms with Crippen molar-refractivity contribution < 1.29 is 14.9 Å². The number of hydrogen-bond acceptors (Lipinski definition) is 4. The lowest BCUT2D eigenvalue weighted by Crippen LogP contribution is -2.43. The molecule has 0 aliphatic carbocycles. The second-order valence-electron chi connectivity index (χ2n) is 4.11. The topological polar surface area (TPSA) is 49.7 Å². The van der Waals surface area contributed by atoms with Crippen LogP contribution in [0.3, 0.4) is 0 Å². The first-order valence-corrected chi connectivity index (χ1v) is 5.27. The average Bonchev–Trinajstić information content (AvgIpc) is 2.10. The highest BCUT2D eigenvalue weighted by Gasteiger charge is 2.59. The lowest BCUT2D eigenvalue weighted by atomic mass is 9.94. The molecule has 2 heterocycles. The van der Waals surface area contributed by atoms with Crippen LogP contribution in [0.2, 0.25) is 0 Å². The molecule has 3 nitrogen and oxygen atoms in total. The number of ether oxygens (including phenoxy) is 1.